The molecular weight excluding hydrogens is 248 g/mol. The largest absolute Gasteiger partial charge is 0.380 e. The van der Waals surface area contributed by atoms with Gasteiger partial charge in [-0.2, -0.15) is 0 Å². The quantitative estimate of drug-likeness (QED) is 0.809. The van der Waals surface area contributed by atoms with Crippen LogP contribution >= 0.6 is 0 Å². The summed E-state index contributed by atoms with van der Waals surface area (Å²) in [6.45, 7) is 11.5. The van der Waals surface area contributed by atoms with E-state index in [1.54, 1.807) is 0 Å². The molecule has 1 aromatic rings. The number of ether oxygens (including phenoxy) is 1. The maximum Gasteiger partial charge on any atom is 0.0593 e. The molecule has 1 saturated heterocycles. The van der Waals surface area contributed by atoms with Crippen molar-refractivity contribution in [3.05, 3.63) is 35.9 Å². The third kappa shape index (κ3) is 4.58. The van der Waals surface area contributed by atoms with E-state index >= 15 is 0 Å². The third-order valence-electron chi connectivity index (χ3n) is 3.77. The number of benzene rings is 1. The van der Waals surface area contributed by atoms with Gasteiger partial charge in [-0.1, -0.05) is 44.2 Å². The molecule has 0 radical (unpaired) electrons. The van der Waals surface area contributed by atoms with E-state index in [4.69, 9.17) is 4.74 Å². The highest BCUT2D eigenvalue weighted by atomic mass is 16.5. The lowest BCUT2D eigenvalue weighted by molar-refractivity contribution is 0.0564. The molecule has 2 unspecified atom stereocenters. The molecule has 20 heavy (non-hydrogen) atoms. The fourth-order valence-corrected chi connectivity index (χ4v) is 2.74. The Bertz CT molecular complexity index is 380. The van der Waals surface area contributed by atoms with Gasteiger partial charge in [0.1, 0.15) is 0 Å². The van der Waals surface area contributed by atoms with Gasteiger partial charge in [-0.25, -0.2) is 0 Å². The fourth-order valence-electron chi connectivity index (χ4n) is 2.74. The van der Waals surface area contributed by atoms with Gasteiger partial charge in [-0.05, 0) is 18.4 Å². The molecule has 1 aliphatic heterocycles. The molecule has 0 spiro atoms. The summed E-state index contributed by atoms with van der Waals surface area (Å²) in [6.07, 6.45) is 0. The van der Waals surface area contributed by atoms with Crippen molar-refractivity contribution in [2.24, 2.45) is 5.92 Å². The fraction of sp³-hybridized carbons (Fsp3) is 0.647. The lowest BCUT2D eigenvalue weighted by atomic mass is 10.0. The Morgan fingerprint density at radius 2 is 2.05 bits per heavy atom. The van der Waals surface area contributed by atoms with Gasteiger partial charge in [0.15, 0.2) is 0 Å². The van der Waals surface area contributed by atoms with E-state index in [-0.39, 0.29) is 0 Å². The van der Waals surface area contributed by atoms with Crippen molar-refractivity contribution >= 4 is 0 Å². The lowest BCUT2D eigenvalue weighted by Gasteiger charge is -2.39. The highest BCUT2D eigenvalue weighted by Crippen LogP contribution is 2.23. The summed E-state index contributed by atoms with van der Waals surface area (Å²) >= 11 is 0. The summed E-state index contributed by atoms with van der Waals surface area (Å²) in [6, 6.07) is 11.8. The molecule has 2 rings (SSSR count). The van der Waals surface area contributed by atoms with Gasteiger partial charge in [0, 0.05) is 38.3 Å². The van der Waals surface area contributed by atoms with E-state index in [0.29, 0.717) is 18.0 Å². The van der Waals surface area contributed by atoms with Crippen LogP contribution in [0.15, 0.2) is 30.3 Å². The van der Waals surface area contributed by atoms with Crippen LogP contribution in [0.3, 0.4) is 0 Å². The van der Waals surface area contributed by atoms with Gasteiger partial charge in [-0.15, -0.1) is 0 Å². The number of rotatable bonds is 6. The van der Waals surface area contributed by atoms with E-state index in [2.05, 4.69) is 61.3 Å². The first kappa shape index (κ1) is 15.5. The van der Waals surface area contributed by atoms with Crippen LogP contribution in [0.2, 0.25) is 0 Å². The van der Waals surface area contributed by atoms with Crippen LogP contribution < -0.4 is 5.32 Å². The maximum atomic E-state index is 5.76. The molecule has 1 aromatic carbocycles. The maximum absolute atomic E-state index is 5.76. The smallest absolute Gasteiger partial charge is 0.0593 e. The van der Waals surface area contributed by atoms with Gasteiger partial charge in [0.25, 0.3) is 0 Å². The minimum Gasteiger partial charge on any atom is -0.380 e. The molecule has 1 heterocycles. The molecule has 1 aliphatic rings. The van der Waals surface area contributed by atoms with Crippen molar-refractivity contribution in [1.82, 2.24) is 10.2 Å². The molecule has 0 bridgehead atoms. The standard InChI is InChI=1S/C17H28N2O/c1-14(2)13-20-10-9-19-12-15(3)18-11-17(19)16-7-5-4-6-8-16/h4-8,14-15,17-18H,9-13H2,1-3H3. The lowest BCUT2D eigenvalue weighted by Crippen LogP contribution is -2.51. The highest BCUT2D eigenvalue weighted by Gasteiger charge is 2.26. The van der Waals surface area contributed by atoms with Gasteiger partial charge < -0.3 is 10.1 Å². The first-order chi connectivity index (χ1) is 9.66. The van der Waals surface area contributed by atoms with Crippen LogP contribution in [0.5, 0.6) is 0 Å². The Morgan fingerprint density at radius 1 is 1.30 bits per heavy atom. The first-order valence-corrected chi connectivity index (χ1v) is 7.77. The molecule has 0 aliphatic carbocycles. The topological polar surface area (TPSA) is 24.5 Å². The van der Waals surface area contributed by atoms with Gasteiger partial charge in [-0.3, -0.25) is 4.90 Å². The minimum absolute atomic E-state index is 0.468. The average molecular weight is 276 g/mol. The molecule has 1 N–H and O–H groups in total. The Kier molecular flexibility index (Phi) is 6.02. The zero-order valence-corrected chi connectivity index (χ0v) is 13.0. The first-order valence-electron chi connectivity index (χ1n) is 7.77. The summed E-state index contributed by atoms with van der Waals surface area (Å²) < 4.78 is 5.76. The van der Waals surface area contributed by atoms with Crippen molar-refractivity contribution in [2.45, 2.75) is 32.9 Å². The monoisotopic (exact) mass is 276 g/mol. The second kappa shape index (κ2) is 7.77. The normalized spacial score (nSPS) is 24.2. The average Bonchev–Trinajstić information content (AvgIpc) is 2.44. The van der Waals surface area contributed by atoms with Gasteiger partial charge >= 0.3 is 0 Å². The molecule has 112 valence electrons. The third-order valence-corrected chi connectivity index (χ3v) is 3.77. The van der Waals surface area contributed by atoms with E-state index in [1.165, 1.54) is 5.56 Å². The molecule has 0 amide bonds. The van der Waals surface area contributed by atoms with E-state index < -0.39 is 0 Å². The zero-order valence-electron chi connectivity index (χ0n) is 13.0. The number of nitrogens with one attached hydrogen (secondary N) is 1. The van der Waals surface area contributed by atoms with Crippen LogP contribution in [0.4, 0.5) is 0 Å². The Morgan fingerprint density at radius 3 is 2.75 bits per heavy atom. The van der Waals surface area contributed by atoms with E-state index in [0.717, 1.165) is 32.8 Å². The van der Waals surface area contributed by atoms with Gasteiger partial charge in [0.2, 0.25) is 0 Å². The van der Waals surface area contributed by atoms with Gasteiger partial charge in [0.05, 0.1) is 6.61 Å². The molecule has 1 fully saturated rings. The SMILES string of the molecule is CC(C)COCCN1CC(C)NCC1c1ccccc1. The second-order valence-corrected chi connectivity index (χ2v) is 6.20. The number of nitrogens with zero attached hydrogens (tertiary/aromatic N) is 1. The van der Waals surface area contributed by atoms with Crippen LogP contribution in [-0.2, 0) is 4.74 Å². The Balaban J connectivity index is 1.91. The minimum atomic E-state index is 0.468. The zero-order chi connectivity index (χ0) is 14.4. The summed E-state index contributed by atoms with van der Waals surface area (Å²) in [7, 11) is 0. The Labute approximate surface area is 123 Å². The van der Waals surface area contributed by atoms with Crippen molar-refractivity contribution < 1.29 is 4.74 Å². The molecule has 0 saturated carbocycles. The summed E-state index contributed by atoms with van der Waals surface area (Å²) in [5, 5.41) is 3.59. The highest BCUT2D eigenvalue weighted by molar-refractivity contribution is 5.20. The van der Waals surface area contributed by atoms with Crippen LogP contribution in [0, 0.1) is 5.92 Å². The predicted molar refractivity (Wildman–Crippen MR) is 83.9 cm³/mol. The van der Waals surface area contributed by atoms with Crippen molar-refractivity contribution in [3.63, 3.8) is 0 Å². The van der Waals surface area contributed by atoms with Crippen LogP contribution in [0.1, 0.15) is 32.4 Å². The summed E-state index contributed by atoms with van der Waals surface area (Å²) in [5.74, 6) is 0.613. The van der Waals surface area contributed by atoms with Crippen molar-refractivity contribution in [3.8, 4) is 0 Å². The summed E-state index contributed by atoms with van der Waals surface area (Å²) in [5.41, 5.74) is 1.40. The van der Waals surface area contributed by atoms with Crippen LogP contribution in [0.25, 0.3) is 0 Å². The molecule has 3 nitrogen and oxygen atoms in total. The molecular formula is C17H28N2O. The number of hydrogen-bond donors (Lipinski definition) is 1. The van der Waals surface area contributed by atoms with E-state index in [9.17, 15) is 0 Å². The molecule has 2 atom stereocenters. The summed E-state index contributed by atoms with van der Waals surface area (Å²) in [4.78, 5) is 2.55. The second-order valence-electron chi connectivity index (χ2n) is 6.20. The van der Waals surface area contributed by atoms with Crippen molar-refractivity contribution in [2.75, 3.05) is 32.8 Å². The molecule has 3 heteroatoms. The van der Waals surface area contributed by atoms with Crippen molar-refractivity contribution in [1.29, 1.82) is 0 Å². The van der Waals surface area contributed by atoms with E-state index in [1.807, 2.05) is 0 Å². The van der Waals surface area contributed by atoms with Crippen LogP contribution in [-0.4, -0.2) is 43.8 Å². The number of hydrogen-bond acceptors (Lipinski definition) is 3. The predicted octanol–water partition coefficient (Wildman–Crippen LogP) is 2.69. The number of piperazine rings is 1. The Hall–Kier alpha value is -0.900. The molecule has 0 aromatic heterocycles.